The molecule has 1 aliphatic heterocycles. The van der Waals surface area contributed by atoms with Gasteiger partial charge in [0.1, 0.15) is 12.4 Å². The summed E-state index contributed by atoms with van der Waals surface area (Å²) in [6.45, 7) is 1.06. The normalized spacial score (nSPS) is 13.9. The second-order valence-corrected chi connectivity index (χ2v) is 8.44. The van der Waals surface area contributed by atoms with Gasteiger partial charge in [-0.05, 0) is 43.5 Å². The number of aromatic nitrogens is 1. The maximum absolute atomic E-state index is 14.0. The van der Waals surface area contributed by atoms with Crippen molar-refractivity contribution in [3.63, 3.8) is 0 Å². The third-order valence-corrected chi connectivity index (χ3v) is 5.89. The topological polar surface area (TPSA) is 71.4 Å². The first-order valence-corrected chi connectivity index (χ1v) is 10.9. The Kier molecular flexibility index (Phi) is 6.18. The average Bonchev–Trinajstić information content (AvgIpc) is 2.77. The number of anilines is 1. The maximum Gasteiger partial charge on any atom is 0.254 e. The number of nitrogens with one attached hydrogen (secondary N) is 1. The summed E-state index contributed by atoms with van der Waals surface area (Å²) in [7, 11) is 0. The van der Waals surface area contributed by atoms with Crippen LogP contribution in [0.25, 0.3) is 10.9 Å². The lowest BCUT2D eigenvalue weighted by molar-refractivity contribution is -0.116. The smallest absolute Gasteiger partial charge is 0.254 e. The molecular formula is C23H21BrFN3O3. The molecule has 1 saturated heterocycles. The van der Waals surface area contributed by atoms with E-state index in [9.17, 15) is 18.8 Å². The Morgan fingerprint density at radius 1 is 1.03 bits per heavy atom. The van der Waals surface area contributed by atoms with E-state index in [1.165, 1.54) is 22.8 Å². The number of benzene rings is 2. The fraction of sp³-hybridized carbons (Fsp3) is 0.261. The van der Waals surface area contributed by atoms with Crippen molar-refractivity contribution < 1.29 is 14.0 Å². The summed E-state index contributed by atoms with van der Waals surface area (Å²) in [5.74, 6) is -1.28. The van der Waals surface area contributed by atoms with Gasteiger partial charge in [0.15, 0.2) is 0 Å². The molecule has 8 heteroatoms. The number of rotatable bonds is 4. The Morgan fingerprint density at radius 2 is 1.77 bits per heavy atom. The fourth-order valence-corrected chi connectivity index (χ4v) is 4.20. The van der Waals surface area contributed by atoms with Crippen LogP contribution in [0.1, 0.15) is 29.6 Å². The van der Waals surface area contributed by atoms with Crippen molar-refractivity contribution in [3.05, 3.63) is 74.7 Å². The van der Waals surface area contributed by atoms with Gasteiger partial charge >= 0.3 is 0 Å². The summed E-state index contributed by atoms with van der Waals surface area (Å²) >= 11 is 3.17. The van der Waals surface area contributed by atoms with E-state index in [1.54, 1.807) is 35.2 Å². The van der Waals surface area contributed by atoms with Gasteiger partial charge in [-0.2, -0.15) is 0 Å². The molecule has 1 aromatic heterocycles. The lowest BCUT2D eigenvalue weighted by Crippen LogP contribution is -2.37. The zero-order chi connectivity index (χ0) is 22.0. The van der Waals surface area contributed by atoms with Gasteiger partial charge in [-0.15, -0.1) is 0 Å². The third-order valence-electron chi connectivity index (χ3n) is 5.40. The van der Waals surface area contributed by atoms with Crippen LogP contribution in [-0.4, -0.2) is 34.4 Å². The molecule has 1 N–H and O–H groups in total. The number of para-hydroxylation sites is 1. The maximum atomic E-state index is 14.0. The number of piperidine rings is 1. The molecule has 160 valence electrons. The Morgan fingerprint density at radius 3 is 2.52 bits per heavy atom. The second kappa shape index (κ2) is 9.01. The number of pyridine rings is 1. The van der Waals surface area contributed by atoms with Crippen LogP contribution in [0.3, 0.4) is 0 Å². The van der Waals surface area contributed by atoms with E-state index in [4.69, 9.17) is 0 Å². The molecule has 2 amide bonds. The van der Waals surface area contributed by atoms with E-state index in [0.717, 1.165) is 19.3 Å². The molecule has 31 heavy (non-hydrogen) atoms. The standard InChI is InChI=1S/C23H21BrFN3O3/c24-15-8-9-19(18(25)12-15)26-21(29)14-28-20-7-3-2-6-16(20)17(13-22(28)30)23(31)27-10-4-1-5-11-27/h2-3,6-9,12-13H,1,4-5,10-11,14H2,(H,26,29). The highest BCUT2D eigenvalue weighted by Gasteiger charge is 2.22. The first-order valence-electron chi connectivity index (χ1n) is 10.1. The summed E-state index contributed by atoms with van der Waals surface area (Å²) in [6, 6.07) is 12.6. The van der Waals surface area contributed by atoms with Crippen LogP contribution in [-0.2, 0) is 11.3 Å². The van der Waals surface area contributed by atoms with Gasteiger partial charge in [-0.25, -0.2) is 4.39 Å². The minimum Gasteiger partial charge on any atom is -0.339 e. The quantitative estimate of drug-likeness (QED) is 0.602. The predicted molar refractivity (Wildman–Crippen MR) is 121 cm³/mol. The lowest BCUT2D eigenvalue weighted by Gasteiger charge is -2.27. The summed E-state index contributed by atoms with van der Waals surface area (Å²) in [6.07, 6.45) is 3.00. The number of hydrogen-bond acceptors (Lipinski definition) is 3. The van der Waals surface area contributed by atoms with Gasteiger partial charge in [0.05, 0.1) is 16.8 Å². The molecule has 6 nitrogen and oxygen atoms in total. The Balaban J connectivity index is 1.66. The summed E-state index contributed by atoms with van der Waals surface area (Å²) in [5.41, 5.74) is 0.410. The predicted octanol–water partition coefficient (Wildman–Crippen LogP) is 4.17. The van der Waals surface area contributed by atoms with Crippen LogP contribution in [0.2, 0.25) is 0 Å². The lowest BCUT2D eigenvalue weighted by atomic mass is 10.0. The molecule has 0 radical (unpaired) electrons. The molecule has 2 heterocycles. The highest BCUT2D eigenvalue weighted by Crippen LogP contribution is 2.22. The number of carbonyl (C=O) groups is 2. The zero-order valence-electron chi connectivity index (χ0n) is 16.7. The van der Waals surface area contributed by atoms with Gasteiger partial charge in [0.25, 0.3) is 11.5 Å². The molecule has 2 aromatic carbocycles. The molecule has 0 atom stereocenters. The first kappa shape index (κ1) is 21.2. The molecule has 1 aliphatic rings. The summed E-state index contributed by atoms with van der Waals surface area (Å²) in [4.78, 5) is 40.3. The number of carbonyl (C=O) groups excluding carboxylic acids is 2. The minimum atomic E-state index is -0.581. The van der Waals surface area contributed by atoms with E-state index in [2.05, 4.69) is 21.2 Å². The van der Waals surface area contributed by atoms with Gasteiger partial charge in [0, 0.05) is 29.0 Å². The number of likely N-dealkylation sites (tertiary alicyclic amines) is 1. The van der Waals surface area contributed by atoms with Crippen LogP contribution in [0, 0.1) is 5.82 Å². The van der Waals surface area contributed by atoms with Crippen molar-refractivity contribution in [2.45, 2.75) is 25.8 Å². The first-order chi connectivity index (χ1) is 14.9. The van der Waals surface area contributed by atoms with Crippen molar-refractivity contribution in [3.8, 4) is 0 Å². The van der Waals surface area contributed by atoms with Crippen LogP contribution in [0.5, 0.6) is 0 Å². The van der Waals surface area contributed by atoms with Crippen molar-refractivity contribution >= 4 is 44.3 Å². The monoisotopic (exact) mass is 485 g/mol. The van der Waals surface area contributed by atoms with Gasteiger partial charge in [-0.1, -0.05) is 34.1 Å². The Labute approximate surface area is 186 Å². The highest BCUT2D eigenvalue weighted by molar-refractivity contribution is 9.10. The fourth-order valence-electron chi connectivity index (χ4n) is 3.87. The largest absolute Gasteiger partial charge is 0.339 e. The number of hydrogen-bond donors (Lipinski definition) is 1. The third kappa shape index (κ3) is 4.54. The van der Waals surface area contributed by atoms with E-state index in [0.29, 0.717) is 34.0 Å². The number of halogens is 2. The van der Waals surface area contributed by atoms with E-state index < -0.39 is 17.3 Å². The van der Waals surface area contributed by atoms with E-state index in [-0.39, 0.29) is 18.1 Å². The molecule has 0 bridgehead atoms. The van der Waals surface area contributed by atoms with Crippen molar-refractivity contribution in [2.24, 2.45) is 0 Å². The minimum absolute atomic E-state index is 0.0300. The van der Waals surface area contributed by atoms with Gasteiger partial charge in [0.2, 0.25) is 5.91 Å². The van der Waals surface area contributed by atoms with Crippen molar-refractivity contribution in [2.75, 3.05) is 18.4 Å². The number of amides is 2. The number of nitrogens with zero attached hydrogens (tertiary/aromatic N) is 2. The summed E-state index contributed by atoms with van der Waals surface area (Å²) < 4.78 is 15.9. The molecule has 0 saturated carbocycles. The van der Waals surface area contributed by atoms with Crippen LogP contribution < -0.4 is 10.9 Å². The van der Waals surface area contributed by atoms with Gasteiger partial charge < -0.3 is 10.2 Å². The molecule has 4 rings (SSSR count). The zero-order valence-corrected chi connectivity index (χ0v) is 18.3. The van der Waals surface area contributed by atoms with Crippen LogP contribution >= 0.6 is 15.9 Å². The van der Waals surface area contributed by atoms with E-state index >= 15 is 0 Å². The molecule has 0 unspecified atom stereocenters. The SMILES string of the molecule is O=C(Cn1c(=O)cc(C(=O)N2CCCCC2)c2ccccc21)Nc1ccc(Br)cc1F. The molecular weight excluding hydrogens is 465 g/mol. The second-order valence-electron chi connectivity index (χ2n) is 7.52. The van der Waals surface area contributed by atoms with Crippen molar-refractivity contribution in [1.29, 1.82) is 0 Å². The van der Waals surface area contributed by atoms with Crippen LogP contribution in [0.4, 0.5) is 10.1 Å². The van der Waals surface area contributed by atoms with E-state index in [1.807, 2.05) is 0 Å². The number of fused-ring (bicyclic) bond motifs is 1. The van der Waals surface area contributed by atoms with Gasteiger partial charge in [-0.3, -0.25) is 19.0 Å². The molecule has 0 spiro atoms. The summed E-state index contributed by atoms with van der Waals surface area (Å²) in [5, 5.41) is 3.11. The Hall–Kier alpha value is -3.00. The highest BCUT2D eigenvalue weighted by atomic mass is 79.9. The van der Waals surface area contributed by atoms with Crippen molar-refractivity contribution in [1.82, 2.24) is 9.47 Å². The Bertz CT molecular complexity index is 1220. The molecule has 3 aromatic rings. The molecule has 1 fully saturated rings. The molecule has 0 aliphatic carbocycles. The average molecular weight is 486 g/mol. The van der Waals surface area contributed by atoms with Crippen LogP contribution in [0.15, 0.2) is 57.8 Å².